The van der Waals surface area contributed by atoms with Crippen LogP contribution in [0.5, 0.6) is 5.75 Å². The summed E-state index contributed by atoms with van der Waals surface area (Å²) in [5.74, 6) is 1.05. The quantitative estimate of drug-likeness (QED) is 0.458. The number of hydrogen-bond donors (Lipinski definition) is 1. The Balaban J connectivity index is 1.39. The summed E-state index contributed by atoms with van der Waals surface area (Å²) in [7, 11) is 1.67. The number of benzene rings is 3. The van der Waals surface area contributed by atoms with Crippen LogP contribution in [0.3, 0.4) is 0 Å². The number of hydrogen-bond acceptors (Lipinski definition) is 3. The molecule has 0 saturated carbocycles. The largest absolute Gasteiger partial charge is 0.497 e. The molecule has 1 aliphatic rings. The first kappa shape index (κ1) is 24.0. The van der Waals surface area contributed by atoms with Crippen LogP contribution in [0.2, 0.25) is 0 Å². The number of amides is 1. The van der Waals surface area contributed by atoms with Gasteiger partial charge in [-0.05, 0) is 60.1 Å². The van der Waals surface area contributed by atoms with Crippen molar-refractivity contribution in [2.45, 2.75) is 45.2 Å². The summed E-state index contributed by atoms with van der Waals surface area (Å²) in [6, 6.07) is 28.0. The van der Waals surface area contributed by atoms with Crippen LogP contribution in [0.1, 0.15) is 48.1 Å². The zero-order valence-electron chi connectivity index (χ0n) is 20.4. The van der Waals surface area contributed by atoms with Crippen LogP contribution in [-0.4, -0.2) is 31.0 Å². The van der Waals surface area contributed by atoms with Crippen LogP contribution in [0.4, 0.5) is 0 Å². The maximum absolute atomic E-state index is 13.1. The number of carbonyl (C=O) groups is 1. The van der Waals surface area contributed by atoms with Crippen LogP contribution in [0.25, 0.3) is 0 Å². The molecule has 0 aromatic heterocycles. The molecule has 0 radical (unpaired) electrons. The Kier molecular flexibility index (Phi) is 8.37. The van der Waals surface area contributed by atoms with Crippen LogP contribution in [0, 0.1) is 5.92 Å². The van der Waals surface area contributed by atoms with E-state index in [1.54, 1.807) is 7.11 Å². The standard InChI is InChI=1S/C30H36N2O2/c1-3-23-9-13-26(14-10-23)29-18-15-27(22-32(29)21-25-7-5-4-6-8-25)30(33)31-20-19-24-11-16-28(34-2)17-12-24/h4-14,16-17,27,29H,3,15,18-22H2,1-2H3,(H,31,33). The summed E-state index contributed by atoms with van der Waals surface area (Å²) < 4.78 is 5.22. The van der Waals surface area contributed by atoms with E-state index in [1.165, 1.54) is 22.3 Å². The van der Waals surface area contributed by atoms with Crippen LogP contribution >= 0.6 is 0 Å². The Morgan fingerprint density at radius 1 is 0.912 bits per heavy atom. The van der Waals surface area contributed by atoms with Gasteiger partial charge < -0.3 is 10.1 Å². The second kappa shape index (κ2) is 11.8. The van der Waals surface area contributed by atoms with E-state index in [2.05, 4.69) is 83.9 Å². The Morgan fingerprint density at radius 2 is 1.62 bits per heavy atom. The Morgan fingerprint density at radius 3 is 2.29 bits per heavy atom. The van der Waals surface area contributed by atoms with Gasteiger partial charge >= 0.3 is 0 Å². The van der Waals surface area contributed by atoms with Crippen molar-refractivity contribution in [3.63, 3.8) is 0 Å². The van der Waals surface area contributed by atoms with Gasteiger partial charge in [0.25, 0.3) is 0 Å². The summed E-state index contributed by atoms with van der Waals surface area (Å²) in [5, 5.41) is 3.19. The number of piperidine rings is 1. The molecule has 2 unspecified atom stereocenters. The third-order valence-electron chi connectivity index (χ3n) is 6.93. The monoisotopic (exact) mass is 456 g/mol. The normalized spacial score (nSPS) is 18.4. The molecule has 1 heterocycles. The minimum Gasteiger partial charge on any atom is -0.497 e. The lowest BCUT2D eigenvalue weighted by Gasteiger charge is -2.39. The summed E-state index contributed by atoms with van der Waals surface area (Å²) in [5.41, 5.74) is 5.21. The number of carbonyl (C=O) groups excluding carboxylic acids is 1. The summed E-state index contributed by atoms with van der Waals surface area (Å²) in [6.45, 7) is 4.48. The van der Waals surface area contributed by atoms with Crippen molar-refractivity contribution in [1.82, 2.24) is 10.2 Å². The van der Waals surface area contributed by atoms with E-state index in [9.17, 15) is 4.79 Å². The molecule has 178 valence electrons. The zero-order valence-corrected chi connectivity index (χ0v) is 20.4. The summed E-state index contributed by atoms with van der Waals surface area (Å²) >= 11 is 0. The number of rotatable bonds is 9. The van der Waals surface area contributed by atoms with E-state index >= 15 is 0 Å². The van der Waals surface area contributed by atoms with Crippen molar-refractivity contribution in [2.24, 2.45) is 5.92 Å². The van der Waals surface area contributed by atoms with Crippen molar-refractivity contribution in [2.75, 3.05) is 20.2 Å². The van der Waals surface area contributed by atoms with Crippen molar-refractivity contribution in [3.8, 4) is 5.75 Å². The third kappa shape index (κ3) is 6.27. The molecule has 0 bridgehead atoms. The van der Waals surface area contributed by atoms with Gasteiger partial charge in [-0.3, -0.25) is 9.69 Å². The van der Waals surface area contributed by atoms with Gasteiger partial charge in [0.1, 0.15) is 5.75 Å². The molecule has 4 rings (SSSR count). The lowest BCUT2D eigenvalue weighted by Crippen LogP contribution is -2.44. The average molecular weight is 457 g/mol. The molecule has 2 atom stereocenters. The Labute approximate surface area is 204 Å². The molecule has 1 saturated heterocycles. The summed E-state index contributed by atoms with van der Waals surface area (Å²) in [6.07, 6.45) is 3.79. The molecule has 1 amide bonds. The number of ether oxygens (including phenoxy) is 1. The fourth-order valence-corrected chi connectivity index (χ4v) is 4.87. The molecule has 1 fully saturated rings. The SMILES string of the molecule is CCc1ccc(C2CCC(C(=O)NCCc3ccc(OC)cc3)CN2Cc2ccccc2)cc1. The fraction of sp³-hybridized carbons (Fsp3) is 0.367. The number of nitrogens with one attached hydrogen (secondary N) is 1. The number of likely N-dealkylation sites (tertiary alicyclic amines) is 1. The van der Waals surface area contributed by atoms with Crippen molar-refractivity contribution in [1.29, 1.82) is 0 Å². The molecule has 1 N–H and O–H groups in total. The second-order valence-corrected chi connectivity index (χ2v) is 9.19. The molecular weight excluding hydrogens is 420 g/mol. The smallest absolute Gasteiger partial charge is 0.224 e. The molecule has 0 spiro atoms. The zero-order chi connectivity index (χ0) is 23.8. The van der Waals surface area contributed by atoms with E-state index in [1.807, 2.05) is 12.1 Å². The highest BCUT2D eigenvalue weighted by atomic mass is 16.5. The Hall–Kier alpha value is -3.11. The first-order chi connectivity index (χ1) is 16.7. The van der Waals surface area contributed by atoms with Gasteiger partial charge in [-0.2, -0.15) is 0 Å². The molecule has 3 aromatic rings. The second-order valence-electron chi connectivity index (χ2n) is 9.19. The number of methoxy groups -OCH3 is 1. The van der Waals surface area contributed by atoms with Crippen LogP contribution in [-0.2, 0) is 24.2 Å². The summed E-state index contributed by atoms with van der Waals surface area (Å²) in [4.78, 5) is 15.5. The van der Waals surface area contributed by atoms with Crippen LogP contribution < -0.4 is 10.1 Å². The van der Waals surface area contributed by atoms with Gasteiger partial charge in [0, 0.05) is 25.7 Å². The van der Waals surface area contributed by atoms with E-state index in [0.29, 0.717) is 12.6 Å². The molecule has 3 aromatic carbocycles. The van der Waals surface area contributed by atoms with Gasteiger partial charge in [-0.1, -0.05) is 73.7 Å². The highest BCUT2D eigenvalue weighted by Gasteiger charge is 2.32. The maximum Gasteiger partial charge on any atom is 0.224 e. The first-order valence-electron chi connectivity index (χ1n) is 12.4. The lowest BCUT2D eigenvalue weighted by atomic mass is 9.87. The topological polar surface area (TPSA) is 41.6 Å². The minimum absolute atomic E-state index is 0.0192. The van der Waals surface area contributed by atoms with Gasteiger partial charge in [0.2, 0.25) is 5.91 Å². The third-order valence-corrected chi connectivity index (χ3v) is 6.93. The van der Waals surface area contributed by atoms with E-state index in [4.69, 9.17) is 4.74 Å². The van der Waals surface area contributed by atoms with E-state index in [0.717, 1.165) is 44.5 Å². The van der Waals surface area contributed by atoms with Gasteiger partial charge in [0.05, 0.1) is 13.0 Å². The molecule has 4 nitrogen and oxygen atoms in total. The van der Waals surface area contributed by atoms with E-state index < -0.39 is 0 Å². The highest BCUT2D eigenvalue weighted by Crippen LogP contribution is 2.35. The molecule has 1 aliphatic heterocycles. The first-order valence-corrected chi connectivity index (χ1v) is 12.4. The number of aryl methyl sites for hydroxylation is 1. The van der Waals surface area contributed by atoms with Gasteiger partial charge in [-0.25, -0.2) is 0 Å². The predicted octanol–water partition coefficient (Wildman–Crippen LogP) is 5.57. The van der Waals surface area contributed by atoms with Crippen molar-refractivity contribution in [3.05, 3.63) is 101 Å². The number of nitrogens with zero attached hydrogens (tertiary/aromatic N) is 1. The predicted molar refractivity (Wildman–Crippen MR) is 138 cm³/mol. The highest BCUT2D eigenvalue weighted by molar-refractivity contribution is 5.79. The molecule has 34 heavy (non-hydrogen) atoms. The molecule has 4 heteroatoms. The minimum atomic E-state index is 0.0192. The van der Waals surface area contributed by atoms with Gasteiger partial charge in [-0.15, -0.1) is 0 Å². The van der Waals surface area contributed by atoms with Crippen LogP contribution in [0.15, 0.2) is 78.9 Å². The Bertz CT molecular complexity index is 1030. The average Bonchev–Trinajstić information content (AvgIpc) is 2.89. The maximum atomic E-state index is 13.1. The fourth-order valence-electron chi connectivity index (χ4n) is 4.87. The molecule has 0 aliphatic carbocycles. The van der Waals surface area contributed by atoms with Gasteiger partial charge in [0.15, 0.2) is 0 Å². The lowest BCUT2D eigenvalue weighted by molar-refractivity contribution is -0.127. The molecular formula is C30H36N2O2. The van der Waals surface area contributed by atoms with Crippen molar-refractivity contribution >= 4 is 5.91 Å². The van der Waals surface area contributed by atoms with Crippen molar-refractivity contribution < 1.29 is 9.53 Å². The van der Waals surface area contributed by atoms with E-state index in [-0.39, 0.29) is 11.8 Å².